The van der Waals surface area contributed by atoms with Crippen molar-refractivity contribution < 1.29 is 18.3 Å². The Hall–Kier alpha value is -2.80. The molecule has 148 valence electrons. The van der Waals surface area contributed by atoms with Gasteiger partial charge in [-0.2, -0.15) is 5.10 Å². The molecule has 7 heteroatoms. The molecule has 1 heterocycles. The summed E-state index contributed by atoms with van der Waals surface area (Å²) in [6.07, 6.45) is 1.59. The molecule has 1 aliphatic heterocycles. The summed E-state index contributed by atoms with van der Waals surface area (Å²) >= 11 is 0. The average Bonchev–Trinajstić information content (AvgIpc) is 2.95. The minimum absolute atomic E-state index is 0.0449. The molecule has 1 aliphatic rings. The number of fused-ring (bicyclic) bond motifs is 1. The minimum atomic E-state index is -3.52. The van der Waals surface area contributed by atoms with Gasteiger partial charge in [-0.3, -0.25) is 5.01 Å². The van der Waals surface area contributed by atoms with Crippen molar-refractivity contribution in [1.82, 2.24) is 5.01 Å². The smallest absolute Gasteiger partial charge is 0.202 e. The van der Waals surface area contributed by atoms with Crippen LogP contribution in [0.4, 0.5) is 0 Å². The third kappa shape index (κ3) is 3.16. The first-order chi connectivity index (χ1) is 13.1. The summed E-state index contributed by atoms with van der Waals surface area (Å²) in [4.78, 5) is 0.372. The standard InChI is InChI=1S/C21H24N2O4S/c1-12-13(2)15(4)21-20(14(12)3)17(11-28(21,25)26)23(5)22-10-16-7-8-18(24)19(9-16)27-6/h7-11,24H,1-6H3/b22-10+. The molecule has 0 amide bonds. The van der Waals surface area contributed by atoms with Gasteiger partial charge in [-0.05, 0) is 73.7 Å². The van der Waals surface area contributed by atoms with Gasteiger partial charge in [-0.15, -0.1) is 0 Å². The Labute approximate surface area is 165 Å². The van der Waals surface area contributed by atoms with Crippen molar-refractivity contribution in [2.24, 2.45) is 5.10 Å². The van der Waals surface area contributed by atoms with Crippen LogP contribution in [0.1, 0.15) is 33.4 Å². The monoisotopic (exact) mass is 400 g/mol. The molecule has 0 saturated heterocycles. The first-order valence-electron chi connectivity index (χ1n) is 8.80. The highest BCUT2D eigenvalue weighted by atomic mass is 32.2. The number of hydrazone groups is 1. The van der Waals surface area contributed by atoms with E-state index in [1.165, 1.54) is 18.6 Å². The van der Waals surface area contributed by atoms with E-state index in [9.17, 15) is 13.5 Å². The molecule has 0 saturated carbocycles. The lowest BCUT2D eigenvalue weighted by Crippen LogP contribution is -2.11. The number of methoxy groups -OCH3 is 1. The Bertz CT molecular complexity index is 1130. The fourth-order valence-corrected chi connectivity index (χ4v) is 5.24. The molecule has 0 aromatic heterocycles. The van der Waals surface area contributed by atoms with E-state index in [1.807, 2.05) is 27.7 Å². The lowest BCUT2D eigenvalue weighted by molar-refractivity contribution is 0.373. The third-order valence-electron chi connectivity index (χ3n) is 5.37. The third-order valence-corrected chi connectivity index (χ3v) is 6.98. The normalized spacial score (nSPS) is 14.9. The second-order valence-corrected chi connectivity index (χ2v) is 8.69. The van der Waals surface area contributed by atoms with Gasteiger partial charge in [0.2, 0.25) is 9.84 Å². The molecule has 2 aromatic rings. The number of benzene rings is 2. The van der Waals surface area contributed by atoms with Crippen LogP contribution in [0.5, 0.6) is 11.5 Å². The number of ether oxygens (including phenoxy) is 1. The van der Waals surface area contributed by atoms with Gasteiger partial charge in [0.25, 0.3) is 0 Å². The Balaban J connectivity index is 2.05. The van der Waals surface area contributed by atoms with Gasteiger partial charge in [-0.25, -0.2) is 8.42 Å². The van der Waals surface area contributed by atoms with Crippen molar-refractivity contribution in [3.63, 3.8) is 0 Å². The van der Waals surface area contributed by atoms with E-state index < -0.39 is 9.84 Å². The van der Waals surface area contributed by atoms with Crippen LogP contribution in [0.3, 0.4) is 0 Å². The molecule has 1 N–H and O–H groups in total. The lowest BCUT2D eigenvalue weighted by atomic mass is 9.93. The van der Waals surface area contributed by atoms with Gasteiger partial charge >= 0.3 is 0 Å². The fourth-order valence-electron chi connectivity index (χ4n) is 3.44. The van der Waals surface area contributed by atoms with Crippen molar-refractivity contribution in [3.05, 3.63) is 57.0 Å². The predicted octanol–water partition coefficient (Wildman–Crippen LogP) is 3.69. The predicted molar refractivity (Wildman–Crippen MR) is 111 cm³/mol. The van der Waals surface area contributed by atoms with E-state index in [2.05, 4.69) is 5.10 Å². The van der Waals surface area contributed by atoms with E-state index in [0.717, 1.165) is 27.8 Å². The number of hydrogen-bond donors (Lipinski definition) is 1. The van der Waals surface area contributed by atoms with Gasteiger partial charge in [-0.1, -0.05) is 0 Å². The lowest BCUT2D eigenvalue weighted by Gasteiger charge is -2.20. The Morgan fingerprint density at radius 2 is 1.71 bits per heavy atom. The first kappa shape index (κ1) is 19.9. The number of phenolic OH excluding ortho intramolecular Hbond substituents is 1. The molecule has 6 nitrogen and oxygen atoms in total. The number of aromatic hydroxyl groups is 1. The largest absolute Gasteiger partial charge is 0.504 e. The summed E-state index contributed by atoms with van der Waals surface area (Å²) in [5.74, 6) is 0.389. The summed E-state index contributed by atoms with van der Waals surface area (Å²) in [6.45, 7) is 7.75. The number of hydrogen-bond acceptors (Lipinski definition) is 6. The highest BCUT2D eigenvalue weighted by Gasteiger charge is 2.34. The number of rotatable bonds is 4. The maximum atomic E-state index is 12.8. The summed E-state index contributed by atoms with van der Waals surface area (Å²) in [6, 6.07) is 4.88. The molecule has 0 atom stereocenters. The number of sulfone groups is 1. The van der Waals surface area contributed by atoms with Crippen LogP contribution in [0.15, 0.2) is 33.6 Å². The summed E-state index contributed by atoms with van der Waals surface area (Å²) in [5.41, 5.74) is 5.78. The number of nitrogens with zero attached hydrogens (tertiary/aromatic N) is 2. The van der Waals surface area contributed by atoms with Gasteiger partial charge in [0.1, 0.15) is 0 Å². The Kier molecular flexibility index (Phi) is 4.97. The second kappa shape index (κ2) is 6.98. The van der Waals surface area contributed by atoms with Gasteiger partial charge < -0.3 is 9.84 Å². The molecule has 0 bridgehead atoms. The Morgan fingerprint density at radius 3 is 2.36 bits per heavy atom. The van der Waals surface area contributed by atoms with E-state index in [-0.39, 0.29) is 5.75 Å². The molecule has 0 fully saturated rings. The maximum Gasteiger partial charge on any atom is 0.202 e. The molecular formula is C21H24N2O4S. The van der Waals surface area contributed by atoms with Gasteiger partial charge in [0.05, 0.1) is 29.3 Å². The molecule has 3 rings (SSSR count). The zero-order valence-corrected chi connectivity index (χ0v) is 17.7. The molecule has 2 aromatic carbocycles. The van der Waals surface area contributed by atoms with Crippen LogP contribution in [0.25, 0.3) is 5.70 Å². The van der Waals surface area contributed by atoms with Crippen molar-refractivity contribution in [2.75, 3.05) is 14.2 Å². The number of phenols is 1. The SMILES string of the molecule is COc1cc(/C=N/N(C)C2=CS(=O)(=O)c3c(C)c(C)c(C)c(C)c32)ccc1O. The van der Waals surface area contributed by atoms with E-state index in [1.54, 1.807) is 30.4 Å². The average molecular weight is 401 g/mol. The van der Waals surface area contributed by atoms with Crippen LogP contribution < -0.4 is 4.74 Å². The first-order valence-corrected chi connectivity index (χ1v) is 10.3. The van der Waals surface area contributed by atoms with Crippen LogP contribution in [-0.4, -0.2) is 38.9 Å². The topological polar surface area (TPSA) is 79.2 Å². The molecule has 0 unspecified atom stereocenters. The van der Waals surface area contributed by atoms with Crippen LogP contribution in [-0.2, 0) is 9.84 Å². The summed E-state index contributed by atoms with van der Waals surface area (Å²) in [7, 11) is -0.330. The highest BCUT2D eigenvalue weighted by Crippen LogP contribution is 2.42. The molecule has 0 radical (unpaired) electrons. The quantitative estimate of drug-likeness (QED) is 0.626. The fraction of sp³-hybridized carbons (Fsp3) is 0.286. The summed E-state index contributed by atoms with van der Waals surface area (Å²) < 4.78 is 30.7. The zero-order chi connectivity index (χ0) is 20.8. The van der Waals surface area contributed by atoms with Crippen molar-refractivity contribution in [3.8, 4) is 11.5 Å². The van der Waals surface area contributed by atoms with E-state index in [0.29, 0.717) is 21.9 Å². The Morgan fingerprint density at radius 1 is 1.07 bits per heavy atom. The molecule has 28 heavy (non-hydrogen) atoms. The minimum Gasteiger partial charge on any atom is -0.504 e. The van der Waals surface area contributed by atoms with Crippen LogP contribution in [0, 0.1) is 27.7 Å². The zero-order valence-electron chi connectivity index (χ0n) is 16.9. The van der Waals surface area contributed by atoms with Gasteiger partial charge in [0.15, 0.2) is 11.5 Å². The van der Waals surface area contributed by atoms with E-state index in [4.69, 9.17) is 4.74 Å². The molecule has 0 aliphatic carbocycles. The van der Waals surface area contributed by atoms with Crippen molar-refractivity contribution >= 4 is 21.7 Å². The van der Waals surface area contributed by atoms with Gasteiger partial charge in [0, 0.05) is 12.6 Å². The van der Waals surface area contributed by atoms with Crippen molar-refractivity contribution in [1.29, 1.82) is 0 Å². The van der Waals surface area contributed by atoms with Crippen molar-refractivity contribution in [2.45, 2.75) is 32.6 Å². The molecule has 0 spiro atoms. The van der Waals surface area contributed by atoms with Crippen LogP contribution >= 0.6 is 0 Å². The van der Waals surface area contributed by atoms with Crippen LogP contribution in [0.2, 0.25) is 0 Å². The summed E-state index contributed by atoms with van der Waals surface area (Å²) in [5, 5.41) is 17.0. The van der Waals surface area contributed by atoms with E-state index >= 15 is 0 Å². The molecular weight excluding hydrogens is 376 g/mol. The highest BCUT2D eigenvalue weighted by molar-refractivity contribution is 7.95. The second-order valence-electron chi connectivity index (χ2n) is 6.95. The maximum absolute atomic E-state index is 12.8.